The van der Waals surface area contributed by atoms with Crippen LogP contribution >= 0.6 is 0 Å². The summed E-state index contributed by atoms with van der Waals surface area (Å²) in [7, 11) is 0. The van der Waals surface area contributed by atoms with Gasteiger partial charge in [-0.05, 0) is 39.0 Å². The van der Waals surface area contributed by atoms with Gasteiger partial charge >= 0.3 is 0 Å². The molecule has 2 rings (SSSR count). The minimum absolute atomic E-state index is 0.0508. The van der Waals surface area contributed by atoms with Crippen LogP contribution < -0.4 is 11.1 Å². The molecular weight excluding hydrogens is 304 g/mol. The molecule has 0 heterocycles. The molecule has 0 radical (unpaired) electrons. The van der Waals surface area contributed by atoms with E-state index in [2.05, 4.69) is 5.32 Å². The summed E-state index contributed by atoms with van der Waals surface area (Å²) in [6.07, 6.45) is 6.90. The Morgan fingerprint density at radius 3 is 2.46 bits per heavy atom. The Morgan fingerprint density at radius 2 is 1.92 bits per heavy atom. The van der Waals surface area contributed by atoms with Crippen LogP contribution in [0.25, 0.3) is 0 Å². The Morgan fingerprint density at radius 1 is 1.25 bits per heavy atom. The lowest BCUT2D eigenvalue weighted by molar-refractivity contribution is -0.170. The van der Waals surface area contributed by atoms with E-state index in [-0.39, 0.29) is 23.5 Å². The second-order valence-corrected chi connectivity index (χ2v) is 7.92. The minimum Gasteiger partial charge on any atom is -0.378 e. The molecular formula is C19H36N2O3. The molecule has 0 spiro atoms. The molecule has 0 aromatic heterocycles. The first-order valence-corrected chi connectivity index (χ1v) is 9.67. The quantitative estimate of drug-likeness (QED) is 0.677. The summed E-state index contributed by atoms with van der Waals surface area (Å²) in [6.45, 7) is 10.1. The third-order valence-electron chi connectivity index (χ3n) is 6.26. The number of nitrogens with two attached hydrogens (primary N) is 1. The molecule has 0 aromatic rings. The average Bonchev–Trinajstić information content (AvgIpc) is 3.07. The van der Waals surface area contributed by atoms with E-state index in [0.717, 1.165) is 13.0 Å². The van der Waals surface area contributed by atoms with Crippen molar-refractivity contribution in [3.63, 3.8) is 0 Å². The number of nitrogens with one attached hydrogen (secondary N) is 1. The van der Waals surface area contributed by atoms with Crippen molar-refractivity contribution in [1.82, 2.24) is 5.32 Å². The lowest BCUT2D eigenvalue weighted by atomic mass is 9.54. The van der Waals surface area contributed by atoms with Gasteiger partial charge in [0, 0.05) is 31.6 Å². The van der Waals surface area contributed by atoms with Crippen LogP contribution in [0.5, 0.6) is 0 Å². The zero-order valence-electron chi connectivity index (χ0n) is 15.9. The SMILES string of the molecule is CCOC(CCNC(=O)C1(N)CC(OCC)C1(C)C)C1CCCC1. The molecule has 0 bridgehead atoms. The van der Waals surface area contributed by atoms with Crippen LogP contribution in [0.4, 0.5) is 0 Å². The molecule has 0 aliphatic heterocycles. The molecule has 5 heteroatoms. The number of rotatable bonds is 9. The zero-order valence-corrected chi connectivity index (χ0v) is 15.9. The Labute approximate surface area is 147 Å². The van der Waals surface area contributed by atoms with Gasteiger partial charge in [-0.15, -0.1) is 0 Å². The van der Waals surface area contributed by atoms with Gasteiger partial charge in [-0.25, -0.2) is 0 Å². The summed E-state index contributed by atoms with van der Waals surface area (Å²) in [5.74, 6) is 0.598. The van der Waals surface area contributed by atoms with Crippen molar-refractivity contribution < 1.29 is 14.3 Å². The summed E-state index contributed by atoms with van der Waals surface area (Å²) in [6, 6.07) is 0. The maximum atomic E-state index is 12.6. The third-order valence-corrected chi connectivity index (χ3v) is 6.26. The molecule has 3 unspecified atom stereocenters. The molecule has 2 aliphatic rings. The van der Waals surface area contributed by atoms with Crippen molar-refractivity contribution in [1.29, 1.82) is 0 Å². The second-order valence-electron chi connectivity index (χ2n) is 7.92. The van der Waals surface area contributed by atoms with E-state index < -0.39 is 5.54 Å². The summed E-state index contributed by atoms with van der Waals surface area (Å²) in [4.78, 5) is 12.6. The molecule has 3 atom stereocenters. The first-order chi connectivity index (χ1) is 11.4. The fraction of sp³-hybridized carbons (Fsp3) is 0.947. The summed E-state index contributed by atoms with van der Waals surface area (Å²) in [5.41, 5.74) is 5.25. The van der Waals surface area contributed by atoms with E-state index >= 15 is 0 Å². The fourth-order valence-corrected chi connectivity index (χ4v) is 4.30. The van der Waals surface area contributed by atoms with E-state index in [4.69, 9.17) is 15.2 Å². The normalized spacial score (nSPS) is 30.8. The number of carbonyl (C=O) groups is 1. The van der Waals surface area contributed by atoms with Crippen molar-refractivity contribution in [3.05, 3.63) is 0 Å². The Bertz CT molecular complexity index is 421. The highest BCUT2D eigenvalue weighted by Crippen LogP contribution is 2.49. The molecule has 2 saturated carbocycles. The van der Waals surface area contributed by atoms with Crippen molar-refractivity contribution in [3.8, 4) is 0 Å². The fourth-order valence-electron chi connectivity index (χ4n) is 4.30. The summed E-state index contributed by atoms with van der Waals surface area (Å²) >= 11 is 0. The number of hydrogen-bond acceptors (Lipinski definition) is 4. The number of hydrogen-bond donors (Lipinski definition) is 2. The Hall–Kier alpha value is -0.650. The van der Waals surface area contributed by atoms with Crippen LogP contribution in [0.15, 0.2) is 0 Å². The molecule has 5 nitrogen and oxygen atoms in total. The van der Waals surface area contributed by atoms with Crippen molar-refractivity contribution >= 4 is 5.91 Å². The predicted octanol–water partition coefficient (Wildman–Crippen LogP) is 2.62. The van der Waals surface area contributed by atoms with Gasteiger partial charge < -0.3 is 20.5 Å². The molecule has 24 heavy (non-hydrogen) atoms. The molecule has 2 fully saturated rings. The average molecular weight is 341 g/mol. The van der Waals surface area contributed by atoms with Crippen LogP contribution in [-0.2, 0) is 14.3 Å². The highest BCUT2D eigenvalue weighted by molar-refractivity contribution is 5.88. The smallest absolute Gasteiger partial charge is 0.240 e. The van der Waals surface area contributed by atoms with E-state index in [1.807, 2.05) is 27.7 Å². The largest absolute Gasteiger partial charge is 0.378 e. The lowest BCUT2D eigenvalue weighted by Gasteiger charge is -2.57. The van der Waals surface area contributed by atoms with E-state index in [1.54, 1.807) is 0 Å². The standard InChI is InChI=1S/C19H36N2O3/c1-5-23-15(14-9-7-8-10-14)11-12-21-17(22)19(20)13-16(24-6-2)18(19,3)4/h14-16H,5-13,20H2,1-4H3,(H,21,22). The van der Waals surface area contributed by atoms with Crippen LogP contribution in [0, 0.1) is 11.3 Å². The van der Waals surface area contributed by atoms with Gasteiger partial charge in [0.05, 0.1) is 12.2 Å². The van der Waals surface area contributed by atoms with Crippen LogP contribution in [-0.4, -0.2) is 43.4 Å². The van der Waals surface area contributed by atoms with Gasteiger partial charge in [-0.2, -0.15) is 0 Å². The van der Waals surface area contributed by atoms with Crippen LogP contribution in [0.2, 0.25) is 0 Å². The van der Waals surface area contributed by atoms with Crippen LogP contribution in [0.1, 0.15) is 66.2 Å². The molecule has 2 aliphatic carbocycles. The highest BCUT2D eigenvalue weighted by atomic mass is 16.5. The topological polar surface area (TPSA) is 73.6 Å². The lowest BCUT2D eigenvalue weighted by Crippen LogP contribution is -2.75. The Kier molecular flexibility index (Phi) is 6.68. The van der Waals surface area contributed by atoms with Gasteiger partial charge in [0.1, 0.15) is 5.54 Å². The zero-order chi connectivity index (χ0) is 17.8. The first kappa shape index (κ1) is 19.7. The van der Waals surface area contributed by atoms with Gasteiger partial charge in [0.25, 0.3) is 0 Å². The van der Waals surface area contributed by atoms with E-state index in [1.165, 1.54) is 25.7 Å². The van der Waals surface area contributed by atoms with Crippen LogP contribution in [0.3, 0.4) is 0 Å². The molecule has 0 saturated heterocycles. The van der Waals surface area contributed by atoms with Gasteiger partial charge in [-0.3, -0.25) is 4.79 Å². The number of carbonyl (C=O) groups excluding carboxylic acids is 1. The Balaban J connectivity index is 1.82. The summed E-state index contributed by atoms with van der Waals surface area (Å²) < 4.78 is 11.6. The van der Waals surface area contributed by atoms with Gasteiger partial charge in [0.2, 0.25) is 5.91 Å². The number of ether oxygens (including phenoxy) is 2. The molecule has 1 amide bonds. The monoisotopic (exact) mass is 340 g/mol. The van der Waals surface area contributed by atoms with E-state index in [0.29, 0.717) is 25.5 Å². The maximum absolute atomic E-state index is 12.6. The van der Waals surface area contributed by atoms with Crippen molar-refractivity contribution in [2.75, 3.05) is 19.8 Å². The van der Waals surface area contributed by atoms with Crippen molar-refractivity contribution in [2.24, 2.45) is 17.1 Å². The molecule has 140 valence electrons. The second kappa shape index (κ2) is 8.15. The van der Waals surface area contributed by atoms with Crippen molar-refractivity contribution in [2.45, 2.75) is 84.0 Å². The molecule has 0 aromatic carbocycles. The maximum Gasteiger partial charge on any atom is 0.240 e. The van der Waals surface area contributed by atoms with Gasteiger partial charge in [0.15, 0.2) is 0 Å². The molecule has 3 N–H and O–H groups in total. The summed E-state index contributed by atoms with van der Waals surface area (Å²) in [5, 5.41) is 3.06. The minimum atomic E-state index is -0.832. The third kappa shape index (κ3) is 3.78. The predicted molar refractivity (Wildman–Crippen MR) is 95.7 cm³/mol. The van der Waals surface area contributed by atoms with E-state index in [9.17, 15) is 4.79 Å². The van der Waals surface area contributed by atoms with Gasteiger partial charge in [-0.1, -0.05) is 26.7 Å². The number of amides is 1. The highest BCUT2D eigenvalue weighted by Gasteiger charge is 2.62. The first-order valence-electron chi connectivity index (χ1n) is 9.67.